The predicted octanol–water partition coefficient (Wildman–Crippen LogP) is 10.4. The van der Waals surface area contributed by atoms with Gasteiger partial charge in [-0.2, -0.15) is 0 Å². The number of hydrogen-bond acceptors (Lipinski definition) is 4. The Morgan fingerprint density at radius 3 is 1.00 bits per heavy atom. The largest absolute Gasteiger partial charge is 0.274 e. The van der Waals surface area contributed by atoms with Gasteiger partial charge in [-0.25, -0.2) is 0 Å². The maximum absolute atomic E-state index is 14.0. The lowest BCUT2D eigenvalue weighted by molar-refractivity contribution is 0.527. The smallest absolute Gasteiger partial charge is 0.262 e. The fraction of sp³-hybridized carbons (Fsp3) is 0.632. The molecule has 0 aliphatic carbocycles. The van der Waals surface area contributed by atoms with Gasteiger partial charge in [-0.1, -0.05) is 129 Å². The molecule has 46 heavy (non-hydrogen) atoms. The Labute approximate surface area is 289 Å². The molecule has 0 saturated heterocycles. The molecule has 0 atom stereocenters. The van der Waals surface area contributed by atoms with Crippen LogP contribution < -0.4 is 22.2 Å². The molecule has 0 unspecified atom stereocenters. The molecule has 0 amide bonds. The van der Waals surface area contributed by atoms with Crippen molar-refractivity contribution in [2.75, 3.05) is 0 Å². The molecule has 6 nitrogen and oxygen atoms in total. The third-order valence-corrected chi connectivity index (χ3v) is 10.9. The standard InChI is InChI=1S/C38H52Br2N2O4/c1-3-5-7-9-11-13-15-17-19-21-23-41-35(43)27-25-29(39)33(37(41)45)32-28-26-30(40)34(31(27)32)38(46)42(36(28)44)24-22-20-18-16-14-12-10-8-6-4-2/h25-26H,3-24H2,1-2H3. The summed E-state index contributed by atoms with van der Waals surface area (Å²) >= 11 is 7.08. The third kappa shape index (κ3) is 8.69. The van der Waals surface area contributed by atoms with E-state index in [1.54, 1.807) is 12.1 Å². The van der Waals surface area contributed by atoms with Crippen LogP contribution in [0.25, 0.3) is 32.3 Å². The molecule has 0 N–H and O–H groups in total. The van der Waals surface area contributed by atoms with Crippen LogP contribution in [-0.2, 0) is 13.1 Å². The lowest BCUT2D eigenvalue weighted by Gasteiger charge is -2.04. The maximum Gasteiger partial charge on any atom is 0.262 e. The zero-order valence-electron chi connectivity index (χ0n) is 28.0. The zero-order chi connectivity index (χ0) is 33.1. The molecule has 0 fully saturated rings. The van der Waals surface area contributed by atoms with Crippen LogP contribution in [0.5, 0.6) is 0 Å². The van der Waals surface area contributed by atoms with Gasteiger partial charge in [-0.3, -0.25) is 28.3 Å². The van der Waals surface area contributed by atoms with Gasteiger partial charge in [0.1, 0.15) is 0 Å². The van der Waals surface area contributed by atoms with Crippen molar-refractivity contribution in [2.24, 2.45) is 0 Å². The fourth-order valence-electron chi connectivity index (χ4n) is 6.99. The summed E-state index contributed by atoms with van der Waals surface area (Å²) in [6.45, 7) is 5.10. The minimum Gasteiger partial charge on any atom is -0.274 e. The van der Waals surface area contributed by atoms with Crippen LogP contribution in [0, 0.1) is 0 Å². The Bertz CT molecular complexity index is 1660. The summed E-state index contributed by atoms with van der Waals surface area (Å²) in [5.74, 6) is 0. The normalized spacial score (nSPS) is 12.0. The molecule has 0 spiro atoms. The van der Waals surface area contributed by atoms with E-state index in [0.29, 0.717) is 54.4 Å². The first-order valence-electron chi connectivity index (χ1n) is 18.0. The lowest BCUT2D eigenvalue weighted by Crippen LogP contribution is -2.30. The second-order valence-electron chi connectivity index (χ2n) is 13.2. The highest BCUT2D eigenvalue weighted by molar-refractivity contribution is 9.11. The average molecular weight is 761 g/mol. The van der Waals surface area contributed by atoms with Crippen LogP contribution in [-0.4, -0.2) is 9.13 Å². The van der Waals surface area contributed by atoms with Crippen molar-refractivity contribution in [1.29, 1.82) is 0 Å². The van der Waals surface area contributed by atoms with E-state index in [4.69, 9.17) is 0 Å². The Hall–Kier alpha value is -2.06. The number of benzene rings is 2. The number of fused-ring (bicyclic) bond motifs is 6. The van der Waals surface area contributed by atoms with E-state index < -0.39 is 22.2 Å². The van der Waals surface area contributed by atoms with Crippen molar-refractivity contribution < 1.29 is 0 Å². The number of rotatable bonds is 22. The Morgan fingerprint density at radius 1 is 0.413 bits per heavy atom. The van der Waals surface area contributed by atoms with Crippen molar-refractivity contribution in [1.82, 2.24) is 9.13 Å². The van der Waals surface area contributed by atoms with E-state index in [9.17, 15) is 19.2 Å². The van der Waals surface area contributed by atoms with Gasteiger partial charge in [-0.15, -0.1) is 0 Å². The molecule has 252 valence electrons. The first-order valence-corrected chi connectivity index (χ1v) is 19.6. The summed E-state index contributed by atoms with van der Waals surface area (Å²) in [6.07, 6.45) is 23.2. The second-order valence-corrected chi connectivity index (χ2v) is 14.9. The third-order valence-electron chi connectivity index (χ3n) is 9.65. The number of unbranched alkanes of at least 4 members (excludes halogenated alkanes) is 18. The summed E-state index contributed by atoms with van der Waals surface area (Å²) in [7, 11) is 0. The maximum atomic E-state index is 14.0. The van der Waals surface area contributed by atoms with Crippen molar-refractivity contribution in [2.45, 2.75) is 155 Å². The van der Waals surface area contributed by atoms with E-state index in [-0.39, 0.29) is 0 Å². The van der Waals surface area contributed by atoms with Gasteiger partial charge in [0.2, 0.25) is 0 Å². The minimum absolute atomic E-state index is 0.294. The molecule has 4 bridgehead atoms. The Kier molecular flexibility index (Phi) is 14.8. The monoisotopic (exact) mass is 758 g/mol. The van der Waals surface area contributed by atoms with Crippen LogP contribution in [0.3, 0.4) is 0 Å². The van der Waals surface area contributed by atoms with E-state index in [0.717, 1.165) is 38.5 Å². The lowest BCUT2D eigenvalue weighted by atomic mass is 10.00. The molecule has 4 heterocycles. The Morgan fingerprint density at radius 2 is 0.696 bits per heavy atom. The van der Waals surface area contributed by atoms with Crippen LogP contribution in [0.4, 0.5) is 0 Å². The van der Waals surface area contributed by atoms with Crippen LogP contribution in [0.1, 0.15) is 142 Å². The molecular formula is C38H52Br2N2O4. The molecule has 8 heteroatoms. The summed E-state index contributed by atoms with van der Waals surface area (Å²) in [4.78, 5) is 55.8. The van der Waals surface area contributed by atoms with E-state index in [1.165, 1.54) is 99.0 Å². The molecule has 0 aliphatic rings. The molecule has 0 radical (unpaired) electrons. The number of hydrogen-bond donors (Lipinski definition) is 0. The van der Waals surface area contributed by atoms with Crippen molar-refractivity contribution >= 4 is 64.2 Å². The summed E-state index contributed by atoms with van der Waals surface area (Å²) in [6, 6.07) is 3.32. The highest BCUT2D eigenvalue weighted by atomic mass is 79.9. The van der Waals surface area contributed by atoms with Crippen LogP contribution >= 0.6 is 31.9 Å². The summed E-state index contributed by atoms with van der Waals surface area (Å²) in [5, 5.41) is 2.00. The highest BCUT2D eigenvalue weighted by Crippen LogP contribution is 2.37. The first-order chi connectivity index (χ1) is 22.3. The van der Waals surface area contributed by atoms with Crippen molar-refractivity contribution in [3.63, 3.8) is 0 Å². The van der Waals surface area contributed by atoms with Gasteiger partial charge < -0.3 is 0 Å². The number of nitrogens with zero attached hydrogens (tertiary/aromatic N) is 2. The van der Waals surface area contributed by atoms with E-state index >= 15 is 0 Å². The molecule has 6 aromatic rings. The second kappa shape index (κ2) is 18.5. The molecule has 2 aromatic carbocycles. The topological polar surface area (TPSA) is 78.1 Å². The molecule has 0 saturated carbocycles. The van der Waals surface area contributed by atoms with Gasteiger partial charge in [-0.05, 0) is 56.8 Å². The van der Waals surface area contributed by atoms with Crippen molar-refractivity contribution in [3.05, 3.63) is 62.5 Å². The highest BCUT2D eigenvalue weighted by Gasteiger charge is 2.24. The molecule has 6 rings (SSSR count). The van der Waals surface area contributed by atoms with Gasteiger partial charge in [0, 0.05) is 43.6 Å². The van der Waals surface area contributed by atoms with Crippen LogP contribution in [0.2, 0.25) is 0 Å². The van der Waals surface area contributed by atoms with E-state index in [1.807, 2.05) is 0 Å². The van der Waals surface area contributed by atoms with Gasteiger partial charge in [0.25, 0.3) is 22.2 Å². The predicted molar refractivity (Wildman–Crippen MR) is 201 cm³/mol. The molecule has 0 aliphatic heterocycles. The molecular weight excluding hydrogens is 708 g/mol. The van der Waals surface area contributed by atoms with Gasteiger partial charge in [0.05, 0.1) is 10.8 Å². The summed E-state index contributed by atoms with van der Waals surface area (Å²) < 4.78 is 3.60. The van der Waals surface area contributed by atoms with Crippen LogP contribution in [0.15, 0.2) is 40.3 Å². The van der Waals surface area contributed by atoms with Gasteiger partial charge >= 0.3 is 0 Å². The Balaban J connectivity index is 1.55. The SMILES string of the molecule is CCCCCCCCCCCCn1c(=O)c2cc(Br)c(c1=O)c1c3cc(Br)c(c(=O)n(CCCCCCCCCCCC)c3=O)c21. The minimum atomic E-state index is -0.407. The number of aromatic nitrogens is 2. The molecule has 4 aromatic heterocycles. The number of halogens is 2. The quantitative estimate of drug-likeness (QED) is 0.0748. The van der Waals surface area contributed by atoms with Gasteiger partial charge in [0.15, 0.2) is 0 Å². The van der Waals surface area contributed by atoms with E-state index in [2.05, 4.69) is 45.7 Å². The van der Waals surface area contributed by atoms with Crippen molar-refractivity contribution in [3.8, 4) is 0 Å². The average Bonchev–Trinajstić information content (AvgIpc) is 3.27. The fourth-order valence-corrected chi connectivity index (χ4v) is 8.18. The zero-order valence-corrected chi connectivity index (χ0v) is 31.2. The first kappa shape index (κ1) is 36.8. The summed E-state index contributed by atoms with van der Waals surface area (Å²) in [5.41, 5.74) is -1.62.